The minimum absolute atomic E-state index is 0.0681. The van der Waals surface area contributed by atoms with Gasteiger partial charge in [0.05, 0.1) is 22.3 Å². The first kappa shape index (κ1) is 16.6. The van der Waals surface area contributed by atoms with E-state index in [1.165, 1.54) is 17.3 Å². The smallest absolute Gasteiger partial charge is 0.266 e. The number of aryl methyl sites for hydroxylation is 2. The maximum atomic E-state index is 13.2. The summed E-state index contributed by atoms with van der Waals surface area (Å²) >= 11 is 1.47. The molecule has 0 saturated heterocycles. The summed E-state index contributed by atoms with van der Waals surface area (Å²) in [5, 5.41) is 5.18. The SMILES string of the molecule is Cc1ccc(-n2c(SCc3ccon3)nc3ccccc3c2=O)cc1C. The number of hydrogen-bond acceptors (Lipinski definition) is 5. The van der Waals surface area contributed by atoms with E-state index >= 15 is 0 Å². The number of thioether (sulfide) groups is 1. The second-order valence-electron chi connectivity index (χ2n) is 6.10. The van der Waals surface area contributed by atoms with Crippen LogP contribution in [0.15, 0.2) is 69.3 Å². The van der Waals surface area contributed by atoms with Gasteiger partial charge in [0.15, 0.2) is 5.16 Å². The zero-order valence-corrected chi connectivity index (χ0v) is 15.3. The van der Waals surface area contributed by atoms with Crippen LogP contribution in [0.1, 0.15) is 16.8 Å². The second kappa shape index (κ2) is 6.80. The molecule has 2 aromatic carbocycles. The summed E-state index contributed by atoms with van der Waals surface area (Å²) in [5.74, 6) is 0.576. The van der Waals surface area contributed by atoms with Crippen molar-refractivity contribution >= 4 is 22.7 Å². The fourth-order valence-electron chi connectivity index (χ4n) is 2.75. The van der Waals surface area contributed by atoms with Crippen molar-refractivity contribution in [2.75, 3.05) is 0 Å². The van der Waals surface area contributed by atoms with Gasteiger partial charge in [-0.2, -0.15) is 0 Å². The number of para-hydroxylation sites is 1. The average Bonchev–Trinajstić information content (AvgIpc) is 3.16. The van der Waals surface area contributed by atoms with E-state index in [2.05, 4.69) is 12.1 Å². The van der Waals surface area contributed by atoms with Crippen LogP contribution in [-0.4, -0.2) is 14.7 Å². The molecule has 5 nitrogen and oxygen atoms in total. The molecule has 2 aromatic heterocycles. The van der Waals surface area contributed by atoms with E-state index in [0.717, 1.165) is 16.9 Å². The van der Waals surface area contributed by atoms with Gasteiger partial charge in [-0.15, -0.1) is 0 Å². The van der Waals surface area contributed by atoms with Crippen molar-refractivity contribution in [3.8, 4) is 5.69 Å². The fraction of sp³-hybridized carbons (Fsp3) is 0.150. The maximum absolute atomic E-state index is 13.2. The first-order valence-corrected chi connectivity index (χ1v) is 9.23. The summed E-state index contributed by atoms with van der Waals surface area (Å²) in [4.78, 5) is 17.9. The lowest BCUT2D eigenvalue weighted by Crippen LogP contribution is -2.22. The van der Waals surface area contributed by atoms with Crippen LogP contribution in [0.2, 0.25) is 0 Å². The van der Waals surface area contributed by atoms with Crippen LogP contribution in [0, 0.1) is 13.8 Å². The normalized spacial score (nSPS) is 11.2. The van der Waals surface area contributed by atoms with Crippen molar-refractivity contribution in [3.05, 3.63) is 82.0 Å². The molecule has 0 N–H and O–H groups in total. The van der Waals surface area contributed by atoms with Gasteiger partial charge in [0.25, 0.3) is 5.56 Å². The van der Waals surface area contributed by atoms with E-state index in [9.17, 15) is 4.79 Å². The Morgan fingerprint density at radius 1 is 1.08 bits per heavy atom. The maximum Gasteiger partial charge on any atom is 0.266 e. The molecule has 0 atom stereocenters. The molecule has 0 saturated carbocycles. The molecule has 0 fully saturated rings. The van der Waals surface area contributed by atoms with E-state index in [-0.39, 0.29) is 5.56 Å². The minimum Gasteiger partial charge on any atom is -0.364 e. The molecule has 0 radical (unpaired) electrons. The highest BCUT2D eigenvalue weighted by Gasteiger charge is 2.14. The van der Waals surface area contributed by atoms with Gasteiger partial charge in [-0.3, -0.25) is 9.36 Å². The van der Waals surface area contributed by atoms with Gasteiger partial charge in [-0.1, -0.05) is 35.1 Å². The van der Waals surface area contributed by atoms with Crippen LogP contribution in [-0.2, 0) is 5.75 Å². The Morgan fingerprint density at radius 3 is 2.69 bits per heavy atom. The molecule has 0 aliphatic rings. The Hall–Kier alpha value is -2.86. The van der Waals surface area contributed by atoms with Crippen LogP contribution in [0.25, 0.3) is 16.6 Å². The van der Waals surface area contributed by atoms with E-state index < -0.39 is 0 Å². The Labute approximate surface area is 154 Å². The highest BCUT2D eigenvalue weighted by atomic mass is 32.2. The molecule has 130 valence electrons. The standard InChI is InChI=1S/C20H17N3O2S/c1-13-7-8-16(11-14(13)2)23-19(24)17-5-3-4-6-18(17)21-20(23)26-12-15-9-10-25-22-15/h3-11H,12H2,1-2H3. The van der Waals surface area contributed by atoms with Gasteiger partial charge in [-0.05, 0) is 49.2 Å². The van der Waals surface area contributed by atoms with E-state index in [4.69, 9.17) is 9.51 Å². The van der Waals surface area contributed by atoms with Gasteiger partial charge in [0, 0.05) is 11.8 Å². The Balaban J connectivity index is 1.89. The van der Waals surface area contributed by atoms with Crippen molar-refractivity contribution in [1.82, 2.24) is 14.7 Å². The lowest BCUT2D eigenvalue weighted by atomic mass is 10.1. The van der Waals surface area contributed by atoms with Crippen LogP contribution < -0.4 is 5.56 Å². The van der Waals surface area contributed by atoms with Crippen molar-refractivity contribution < 1.29 is 4.52 Å². The molecule has 0 spiro atoms. The summed E-state index contributed by atoms with van der Waals surface area (Å²) in [6, 6.07) is 15.2. The molecule has 0 aliphatic carbocycles. The lowest BCUT2D eigenvalue weighted by molar-refractivity contribution is 0.414. The van der Waals surface area contributed by atoms with Gasteiger partial charge in [0.2, 0.25) is 0 Å². The number of benzene rings is 2. The molecule has 26 heavy (non-hydrogen) atoms. The van der Waals surface area contributed by atoms with Gasteiger partial charge in [0.1, 0.15) is 6.26 Å². The molecule has 4 rings (SSSR count). The highest BCUT2D eigenvalue weighted by molar-refractivity contribution is 7.98. The summed E-state index contributed by atoms with van der Waals surface area (Å²) in [7, 11) is 0. The third kappa shape index (κ3) is 3.04. The highest BCUT2D eigenvalue weighted by Crippen LogP contribution is 2.25. The lowest BCUT2D eigenvalue weighted by Gasteiger charge is -2.14. The third-order valence-corrected chi connectivity index (χ3v) is 5.31. The number of rotatable bonds is 4. The van der Waals surface area contributed by atoms with Gasteiger partial charge < -0.3 is 4.52 Å². The van der Waals surface area contributed by atoms with Crippen molar-refractivity contribution in [3.63, 3.8) is 0 Å². The summed E-state index contributed by atoms with van der Waals surface area (Å²) in [5.41, 5.74) is 4.58. The molecular formula is C20H17N3O2S. The Kier molecular flexibility index (Phi) is 4.34. The summed E-state index contributed by atoms with van der Waals surface area (Å²) < 4.78 is 6.57. The average molecular weight is 363 g/mol. The monoisotopic (exact) mass is 363 g/mol. The van der Waals surface area contributed by atoms with Crippen molar-refractivity contribution in [2.45, 2.75) is 24.8 Å². The van der Waals surface area contributed by atoms with Gasteiger partial charge in [-0.25, -0.2) is 4.98 Å². The van der Waals surface area contributed by atoms with E-state index in [1.807, 2.05) is 55.5 Å². The van der Waals surface area contributed by atoms with Crippen molar-refractivity contribution in [1.29, 1.82) is 0 Å². The molecule has 0 aliphatic heterocycles. The van der Waals surface area contributed by atoms with Crippen LogP contribution in [0.3, 0.4) is 0 Å². The largest absolute Gasteiger partial charge is 0.364 e. The number of aromatic nitrogens is 3. The first-order chi connectivity index (χ1) is 12.6. The quantitative estimate of drug-likeness (QED) is 0.400. The summed E-state index contributed by atoms with van der Waals surface area (Å²) in [6.07, 6.45) is 1.54. The number of hydrogen-bond donors (Lipinski definition) is 0. The van der Waals surface area contributed by atoms with Crippen molar-refractivity contribution in [2.24, 2.45) is 0 Å². The topological polar surface area (TPSA) is 60.9 Å². The van der Waals surface area contributed by atoms with Crippen LogP contribution in [0.4, 0.5) is 0 Å². The predicted molar refractivity (Wildman–Crippen MR) is 103 cm³/mol. The zero-order valence-electron chi connectivity index (χ0n) is 14.5. The molecule has 0 amide bonds. The summed E-state index contributed by atoms with van der Waals surface area (Å²) in [6.45, 7) is 4.10. The van der Waals surface area contributed by atoms with E-state index in [0.29, 0.717) is 21.8 Å². The molecular weight excluding hydrogens is 346 g/mol. The third-order valence-electron chi connectivity index (χ3n) is 4.33. The molecule has 6 heteroatoms. The minimum atomic E-state index is -0.0681. The molecule has 4 aromatic rings. The van der Waals surface area contributed by atoms with E-state index in [1.54, 1.807) is 10.8 Å². The predicted octanol–water partition coefficient (Wildman–Crippen LogP) is 4.28. The molecule has 2 heterocycles. The Bertz CT molecular complexity index is 1130. The van der Waals surface area contributed by atoms with Crippen LogP contribution >= 0.6 is 11.8 Å². The zero-order chi connectivity index (χ0) is 18.1. The van der Waals surface area contributed by atoms with Crippen LogP contribution in [0.5, 0.6) is 0 Å². The second-order valence-corrected chi connectivity index (χ2v) is 7.04. The number of nitrogens with zero attached hydrogens (tertiary/aromatic N) is 3. The first-order valence-electron chi connectivity index (χ1n) is 8.25. The van der Waals surface area contributed by atoms with Gasteiger partial charge >= 0.3 is 0 Å². The fourth-order valence-corrected chi connectivity index (χ4v) is 3.66. The molecule has 0 unspecified atom stereocenters. The number of fused-ring (bicyclic) bond motifs is 1. The molecule has 0 bridgehead atoms. The Morgan fingerprint density at radius 2 is 1.92 bits per heavy atom.